The summed E-state index contributed by atoms with van der Waals surface area (Å²) >= 11 is 0. The Hall–Kier alpha value is -5.60. The molecule has 0 amide bonds. The number of carbonyl (C=O) groups excluding carboxylic acids is 1. The molecule has 1 aliphatic rings. The highest BCUT2D eigenvalue weighted by atomic mass is 16.6. The second-order valence-electron chi connectivity index (χ2n) is 8.05. The van der Waals surface area contributed by atoms with E-state index in [0.29, 0.717) is 16.9 Å². The molecular formula is C24H19N5O10. The molecule has 3 aromatic carbocycles. The molecule has 4 rings (SSSR count). The smallest absolute Gasteiger partial charge is 0.343 e. The molecule has 0 aromatic heterocycles. The number of cyclic esters (lactones) is 1. The van der Waals surface area contributed by atoms with Crippen LogP contribution in [0.5, 0.6) is 11.5 Å². The van der Waals surface area contributed by atoms with Crippen LogP contribution in [0.15, 0.2) is 59.7 Å². The van der Waals surface area contributed by atoms with Crippen molar-refractivity contribution in [3.05, 3.63) is 102 Å². The van der Waals surface area contributed by atoms with Gasteiger partial charge in [-0.25, -0.2) is 4.79 Å². The summed E-state index contributed by atoms with van der Waals surface area (Å²) in [6.45, 7) is 0. The second-order valence-corrected chi connectivity index (χ2v) is 8.05. The van der Waals surface area contributed by atoms with Gasteiger partial charge in [-0.3, -0.25) is 35.8 Å². The molecule has 0 bridgehead atoms. The fraction of sp³-hybridized carbons (Fsp3) is 0.167. The van der Waals surface area contributed by atoms with Crippen molar-refractivity contribution in [1.82, 2.24) is 0 Å². The lowest BCUT2D eigenvalue weighted by atomic mass is 9.97. The van der Waals surface area contributed by atoms with Crippen molar-refractivity contribution in [3.63, 3.8) is 0 Å². The molecule has 0 fully saturated rings. The van der Waals surface area contributed by atoms with Gasteiger partial charge in [-0.2, -0.15) is 5.10 Å². The number of carbonyl (C=O) groups is 1. The number of hydrogen-bond acceptors (Lipinski definition) is 12. The average Bonchev–Trinajstić information content (AvgIpc) is 3.25. The maximum atomic E-state index is 12.7. The van der Waals surface area contributed by atoms with E-state index in [1.165, 1.54) is 38.5 Å². The number of methoxy groups -OCH3 is 2. The van der Waals surface area contributed by atoms with E-state index in [9.17, 15) is 35.1 Å². The lowest BCUT2D eigenvalue weighted by Gasteiger charge is -2.15. The minimum atomic E-state index is -0.852. The van der Waals surface area contributed by atoms with Gasteiger partial charge in [0.25, 0.3) is 11.4 Å². The van der Waals surface area contributed by atoms with Crippen LogP contribution in [0.3, 0.4) is 0 Å². The van der Waals surface area contributed by atoms with Crippen LogP contribution >= 0.6 is 0 Å². The lowest BCUT2D eigenvalue weighted by Crippen LogP contribution is -2.11. The summed E-state index contributed by atoms with van der Waals surface area (Å²) in [6.07, 6.45) is -0.894. The average molecular weight is 537 g/mol. The van der Waals surface area contributed by atoms with Crippen LogP contribution in [-0.2, 0) is 4.74 Å². The summed E-state index contributed by atoms with van der Waals surface area (Å²) in [4.78, 5) is 44.3. The van der Waals surface area contributed by atoms with Gasteiger partial charge in [0, 0.05) is 30.2 Å². The first-order valence-electron chi connectivity index (χ1n) is 11.1. The fourth-order valence-corrected chi connectivity index (χ4v) is 4.01. The molecule has 1 heterocycles. The fourth-order valence-electron chi connectivity index (χ4n) is 4.01. The van der Waals surface area contributed by atoms with Gasteiger partial charge in [0.05, 0.1) is 40.8 Å². The van der Waals surface area contributed by atoms with E-state index in [4.69, 9.17) is 14.2 Å². The summed E-state index contributed by atoms with van der Waals surface area (Å²) in [7, 11) is 2.80. The van der Waals surface area contributed by atoms with Crippen LogP contribution in [0.1, 0.15) is 34.0 Å². The Balaban J connectivity index is 1.75. The summed E-state index contributed by atoms with van der Waals surface area (Å²) in [6, 6.07) is 11.6. The predicted octanol–water partition coefficient (Wildman–Crippen LogP) is 4.55. The Morgan fingerprint density at radius 3 is 2.18 bits per heavy atom. The maximum Gasteiger partial charge on any atom is 0.343 e. The van der Waals surface area contributed by atoms with Gasteiger partial charge in [-0.15, -0.1) is 0 Å². The zero-order chi connectivity index (χ0) is 28.3. The number of nitrogens with one attached hydrogen (secondary N) is 1. The van der Waals surface area contributed by atoms with Crippen molar-refractivity contribution < 1.29 is 33.8 Å². The molecule has 0 aliphatic carbocycles. The first kappa shape index (κ1) is 26.5. The minimum absolute atomic E-state index is 0.0419. The standard InChI is InChI=1S/C24H19N5O10/c1-37-20-10-8-16-21(39-24(30)22(16)23(20)38-2)12-18(13-3-5-14(6-4-13)27(31)32)26-25-17-9-7-15(28(33)34)11-19(17)29(35)36/h3-11,21,25H,12H2,1-2H3/b26-18+/t21-/m1/s1. The Bertz CT molecular complexity index is 1520. The maximum absolute atomic E-state index is 12.7. The number of ether oxygens (including phenoxy) is 3. The van der Waals surface area contributed by atoms with Gasteiger partial charge >= 0.3 is 11.7 Å². The minimum Gasteiger partial charge on any atom is -0.493 e. The molecule has 1 N–H and O–H groups in total. The SMILES string of the molecule is COc1ccc2c(c1OC)C(=O)O[C@@H]2C/C(=N\Nc1ccc([N+](=O)[O-])cc1[N+](=O)[O-])c1ccc([N+](=O)[O-])cc1. The molecule has 15 nitrogen and oxygen atoms in total. The summed E-state index contributed by atoms with van der Waals surface area (Å²) in [5.74, 6) is -0.144. The van der Waals surface area contributed by atoms with Gasteiger partial charge < -0.3 is 14.2 Å². The van der Waals surface area contributed by atoms with Crippen molar-refractivity contribution >= 4 is 34.4 Å². The molecule has 3 aromatic rings. The zero-order valence-corrected chi connectivity index (χ0v) is 20.4. The highest BCUT2D eigenvalue weighted by Crippen LogP contribution is 2.43. The number of fused-ring (bicyclic) bond motifs is 1. The summed E-state index contributed by atoms with van der Waals surface area (Å²) in [5, 5.41) is 38.0. The second kappa shape index (κ2) is 10.8. The van der Waals surface area contributed by atoms with E-state index in [-0.39, 0.29) is 34.8 Å². The van der Waals surface area contributed by atoms with Crippen molar-refractivity contribution in [2.45, 2.75) is 12.5 Å². The van der Waals surface area contributed by atoms with Crippen molar-refractivity contribution in [2.24, 2.45) is 5.10 Å². The van der Waals surface area contributed by atoms with Crippen LogP contribution in [0.2, 0.25) is 0 Å². The molecule has 15 heteroatoms. The van der Waals surface area contributed by atoms with E-state index in [0.717, 1.165) is 18.2 Å². The van der Waals surface area contributed by atoms with Crippen LogP contribution in [0, 0.1) is 30.3 Å². The number of esters is 1. The van der Waals surface area contributed by atoms with Gasteiger partial charge in [0.1, 0.15) is 17.4 Å². The van der Waals surface area contributed by atoms with E-state index in [1.807, 2.05) is 0 Å². The van der Waals surface area contributed by atoms with Crippen molar-refractivity contribution in [1.29, 1.82) is 0 Å². The molecule has 0 unspecified atom stereocenters. The molecule has 1 aliphatic heterocycles. The van der Waals surface area contributed by atoms with E-state index in [2.05, 4.69) is 10.5 Å². The highest BCUT2D eigenvalue weighted by Gasteiger charge is 2.36. The third-order valence-corrected chi connectivity index (χ3v) is 5.87. The number of non-ortho nitro benzene ring substituents is 2. The third-order valence-electron chi connectivity index (χ3n) is 5.87. The van der Waals surface area contributed by atoms with Crippen molar-refractivity contribution in [3.8, 4) is 11.5 Å². The first-order valence-corrected chi connectivity index (χ1v) is 11.1. The Kier molecular flexibility index (Phi) is 7.32. The molecular weight excluding hydrogens is 518 g/mol. The lowest BCUT2D eigenvalue weighted by molar-refractivity contribution is -0.393. The zero-order valence-electron chi connectivity index (χ0n) is 20.4. The van der Waals surface area contributed by atoms with Gasteiger partial charge in [0.2, 0.25) is 0 Å². The molecule has 0 spiro atoms. The van der Waals surface area contributed by atoms with E-state index < -0.39 is 38.2 Å². The third kappa shape index (κ3) is 5.27. The molecule has 200 valence electrons. The van der Waals surface area contributed by atoms with Gasteiger partial charge in [-0.1, -0.05) is 6.07 Å². The molecule has 0 saturated heterocycles. The first-order chi connectivity index (χ1) is 18.6. The van der Waals surface area contributed by atoms with Crippen LogP contribution < -0.4 is 14.9 Å². The predicted molar refractivity (Wildman–Crippen MR) is 135 cm³/mol. The number of anilines is 1. The number of nitrogens with zero attached hydrogens (tertiary/aromatic N) is 4. The van der Waals surface area contributed by atoms with Gasteiger partial charge in [0.15, 0.2) is 11.5 Å². The van der Waals surface area contributed by atoms with Crippen LogP contribution in [-0.4, -0.2) is 40.7 Å². The molecule has 39 heavy (non-hydrogen) atoms. The summed E-state index contributed by atoms with van der Waals surface area (Å²) < 4.78 is 16.2. The Morgan fingerprint density at radius 2 is 1.59 bits per heavy atom. The number of nitro benzene ring substituents is 3. The van der Waals surface area contributed by atoms with Crippen LogP contribution in [0.25, 0.3) is 0 Å². The molecule has 0 radical (unpaired) electrons. The number of benzene rings is 3. The monoisotopic (exact) mass is 537 g/mol. The number of rotatable bonds is 10. The number of nitro groups is 3. The largest absolute Gasteiger partial charge is 0.493 e. The Labute approximate surface area is 219 Å². The van der Waals surface area contributed by atoms with Crippen LogP contribution in [0.4, 0.5) is 22.7 Å². The summed E-state index contributed by atoms with van der Waals surface area (Å²) in [5.41, 5.74) is 2.43. The van der Waals surface area contributed by atoms with E-state index >= 15 is 0 Å². The van der Waals surface area contributed by atoms with Crippen molar-refractivity contribution in [2.75, 3.05) is 19.6 Å². The number of hydrazone groups is 1. The Morgan fingerprint density at radius 1 is 0.923 bits per heavy atom. The molecule has 0 saturated carbocycles. The normalized spacial score (nSPS) is 14.3. The topological polar surface area (TPSA) is 199 Å². The highest BCUT2D eigenvalue weighted by molar-refractivity contribution is 6.03. The molecule has 1 atom stereocenters. The number of hydrogen-bond donors (Lipinski definition) is 1. The van der Waals surface area contributed by atoms with E-state index in [1.54, 1.807) is 12.1 Å². The quantitative estimate of drug-likeness (QED) is 0.165. The van der Waals surface area contributed by atoms with Gasteiger partial charge in [-0.05, 0) is 29.8 Å².